The number of alkyl halides is 1. The third-order valence-corrected chi connectivity index (χ3v) is 3.65. The van der Waals surface area contributed by atoms with Crippen LogP contribution in [0.4, 0.5) is 0 Å². The van der Waals surface area contributed by atoms with Crippen molar-refractivity contribution in [1.82, 2.24) is 0 Å². The number of hydrogen-bond donors (Lipinski definition) is 0. The van der Waals surface area contributed by atoms with E-state index in [-0.39, 0.29) is 46.8 Å². The second kappa shape index (κ2) is 14.3. The largest absolute Gasteiger partial charge is 1.00 e. The van der Waals surface area contributed by atoms with E-state index >= 15 is 0 Å². The number of carbonyl (C=O) groups excluding carboxylic acids is 2. The Kier molecular flexibility index (Phi) is 16.8. The van der Waals surface area contributed by atoms with Gasteiger partial charge in [-0.1, -0.05) is 68.5 Å². The predicted molar refractivity (Wildman–Crippen MR) is 78.3 cm³/mol. The summed E-state index contributed by atoms with van der Waals surface area (Å²) in [6.07, 6.45) is 7.31. The van der Waals surface area contributed by atoms with Gasteiger partial charge in [0, 0.05) is 6.42 Å². The van der Waals surface area contributed by atoms with Crippen molar-refractivity contribution in [3.05, 3.63) is 0 Å². The van der Waals surface area contributed by atoms with Gasteiger partial charge >= 0.3 is 41.5 Å². The van der Waals surface area contributed by atoms with Gasteiger partial charge in [0.25, 0.3) is 0 Å². The van der Waals surface area contributed by atoms with Crippen molar-refractivity contribution in [3.8, 4) is 0 Å². The van der Waals surface area contributed by atoms with Crippen molar-refractivity contribution in [2.24, 2.45) is 0 Å². The van der Waals surface area contributed by atoms with E-state index in [0.29, 0.717) is 6.42 Å². The number of hydrogen-bond acceptors (Lipinski definition) is 3. The van der Waals surface area contributed by atoms with Crippen LogP contribution >= 0.6 is 22.6 Å². The Labute approximate surface area is 148 Å². The first-order chi connectivity index (χ1) is 8.11. The van der Waals surface area contributed by atoms with E-state index in [4.69, 9.17) is 4.74 Å². The van der Waals surface area contributed by atoms with Crippen molar-refractivity contribution in [3.63, 3.8) is 0 Å². The van der Waals surface area contributed by atoms with Gasteiger partial charge in [-0.25, -0.2) is 0 Å². The Hall–Kier alpha value is 0.870. The summed E-state index contributed by atoms with van der Waals surface area (Å²) >= 11 is 2.06. The molecular weight excluding hydrogens is 354 g/mol. The fourth-order valence-electron chi connectivity index (χ4n) is 1.44. The Morgan fingerprint density at radius 2 is 1.67 bits per heavy atom. The first-order valence-corrected chi connectivity index (χ1v) is 7.75. The minimum absolute atomic E-state index is 0. The van der Waals surface area contributed by atoms with Gasteiger partial charge < -0.3 is 6.16 Å². The molecular formula is C13H24INaO3. The maximum absolute atomic E-state index is 11.5. The molecule has 0 spiro atoms. The molecule has 0 bridgehead atoms. The van der Waals surface area contributed by atoms with Crippen molar-refractivity contribution in [2.75, 3.05) is 0 Å². The normalized spacial score (nSPS) is 11.5. The van der Waals surface area contributed by atoms with E-state index in [1.54, 1.807) is 0 Å². The predicted octanol–water partition coefficient (Wildman–Crippen LogP) is 1.14. The molecule has 0 amide bonds. The molecule has 0 aliphatic heterocycles. The number of unbranched alkanes of at least 4 members (excludes halogenated alkanes) is 4. The van der Waals surface area contributed by atoms with E-state index in [2.05, 4.69) is 36.4 Å². The zero-order valence-electron chi connectivity index (χ0n) is 12.8. The molecule has 1 atom stereocenters. The van der Waals surface area contributed by atoms with Gasteiger partial charge in [-0.3, -0.25) is 9.59 Å². The summed E-state index contributed by atoms with van der Waals surface area (Å²) in [5.41, 5.74) is 0. The molecule has 0 saturated heterocycles. The van der Waals surface area contributed by atoms with Gasteiger partial charge in [0.05, 0.1) is 0 Å². The molecule has 0 aromatic heterocycles. The van der Waals surface area contributed by atoms with Gasteiger partial charge in [0.15, 0.2) is 0 Å². The molecule has 0 radical (unpaired) electrons. The van der Waals surface area contributed by atoms with Crippen LogP contribution in [0.3, 0.4) is 0 Å². The van der Waals surface area contributed by atoms with Crippen LogP contribution in [0.2, 0.25) is 0 Å². The van der Waals surface area contributed by atoms with E-state index in [0.717, 1.165) is 44.9 Å². The second-order valence-electron chi connectivity index (χ2n) is 4.21. The molecule has 0 rings (SSSR count). The zero-order valence-corrected chi connectivity index (χ0v) is 16.0. The second-order valence-corrected chi connectivity index (χ2v) is 5.72. The fraction of sp³-hybridized carbons (Fsp3) is 0.846. The maximum atomic E-state index is 11.5. The van der Waals surface area contributed by atoms with Crippen LogP contribution in [0.15, 0.2) is 0 Å². The molecule has 0 N–H and O–H groups in total. The molecule has 1 unspecified atom stereocenters. The van der Waals surface area contributed by atoms with Crippen LogP contribution in [0.25, 0.3) is 0 Å². The number of esters is 2. The Balaban J connectivity index is -0.00000128. The fourth-order valence-corrected chi connectivity index (χ4v) is 2.01. The summed E-state index contributed by atoms with van der Waals surface area (Å²) in [7, 11) is 0. The SMILES string of the molecule is CCCCCC(=O)OC(=O)C(I)CCCCC.[H-].[Na+]. The Morgan fingerprint density at radius 3 is 2.22 bits per heavy atom. The number of ether oxygens (including phenoxy) is 1. The van der Waals surface area contributed by atoms with E-state index in [1.165, 1.54) is 0 Å². The van der Waals surface area contributed by atoms with Gasteiger partial charge in [0.1, 0.15) is 3.92 Å². The topological polar surface area (TPSA) is 43.4 Å². The molecule has 3 nitrogen and oxygen atoms in total. The maximum Gasteiger partial charge on any atom is 1.00 e. The first kappa shape index (κ1) is 21.2. The molecule has 0 aromatic rings. The molecule has 0 fully saturated rings. The average molecular weight is 378 g/mol. The van der Waals surface area contributed by atoms with Crippen molar-refractivity contribution < 1.29 is 45.3 Å². The van der Waals surface area contributed by atoms with Crippen LogP contribution in [-0.4, -0.2) is 15.9 Å². The number of halogens is 1. The van der Waals surface area contributed by atoms with Crippen LogP contribution in [0.5, 0.6) is 0 Å². The van der Waals surface area contributed by atoms with Crippen molar-refractivity contribution in [2.45, 2.75) is 69.1 Å². The molecule has 0 saturated carbocycles. The standard InChI is InChI=1S/C13H23IO3.Na.H/c1-3-5-7-9-11(14)13(16)17-12(15)10-8-6-4-2;;/h11H,3-10H2,1-2H3;;/q;+1;-1. The monoisotopic (exact) mass is 378 g/mol. The summed E-state index contributed by atoms with van der Waals surface area (Å²) in [4.78, 5) is 22.8. The summed E-state index contributed by atoms with van der Waals surface area (Å²) in [6.45, 7) is 4.20. The van der Waals surface area contributed by atoms with Crippen LogP contribution < -0.4 is 29.6 Å². The van der Waals surface area contributed by atoms with Gasteiger partial charge in [0.2, 0.25) is 0 Å². The quantitative estimate of drug-likeness (QED) is 0.151. The molecule has 0 aliphatic rings. The van der Waals surface area contributed by atoms with Gasteiger partial charge in [-0.15, -0.1) is 0 Å². The molecule has 0 heterocycles. The summed E-state index contributed by atoms with van der Waals surface area (Å²) in [5, 5.41) is 0. The zero-order chi connectivity index (χ0) is 13.1. The summed E-state index contributed by atoms with van der Waals surface area (Å²) < 4.78 is 4.62. The van der Waals surface area contributed by atoms with E-state index in [1.807, 2.05) is 0 Å². The van der Waals surface area contributed by atoms with Crippen LogP contribution in [0.1, 0.15) is 66.6 Å². The Morgan fingerprint density at radius 1 is 1.11 bits per heavy atom. The van der Waals surface area contributed by atoms with Gasteiger partial charge in [-0.2, -0.15) is 0 Å². The minimum Gasteiger partial charge on any atom is -1.00 e. The molecule has 5 heteroatoms. The smallest absolute Gasteiger partial charge is 1.00 e. The van der Waals surface area contributed by atoms with Gasteiger partial charge in [-0.05, 0) is 12.8 Å². The number of rotatable bonds is 9. The third-order valence-electron chi connectivity index (χ3n) is 2.52. The Bertz CT molecular complexity index is 240. The third kappa shape index (κ3) is 11.9. The molecule has 0 aliphatic carbocycles. The minimum atomic E-state index is -0.374. The summed E-state index contributed by atoms with van der Waals surface area (Å²) in [6, 6.07) is 0. The van der Waals surface area contributed by atoms with Crippen molar-refractivity contribution in [1.29, 1.82) is 0 Å². The van der Waals surface area contributed by atoms with E-state index in [9.17, 15) is 9.59 Å². The van der Waals surface area contributed by atoms with Crippen LogP contribution in [-0.2, 0) is 14.3 Å². The number of carbonyl (C=O) groups is 2. The molecule has 102 valence electrons. The van der Waals surface area contributed by atoms with Crippen LogP contribution in [0, 0.1) is 0 Å². The summed E-state index contributed by atoms with van der Waals surface area (Å²) in [5.74, 6) is -0.746. The molecule has 0 aromatic carbocycles. The van der Waals surface area contributed by atoms with Crippen molar-refractivity contribution >= 4 is 34.5 Å². The van der Waals surface area contributed by atoms with E-state index < -0.39 is 0 Å². The average Bonchev–Trinajstić information content (AvgIpc) is 2.29. The molecule has 18 heavy (non-hydrogen) atoms. The first-order valence-electron chi connectivity index (χ1n) is 6.50.